The number of hydrogen-bond donors (Lipinski definition) is 2. The van der Waals surface area contributed by atoms with Crippen LogP contribution in [0, 0.1) is 12.3 Å². The van der Waals surface area contributed by atoms with Crippen molar-refractivity contribution in [1.82, 2.24) is 10.2 Å². The Hall–Kier alpha value is -2.53. The van der Waals surface area contributed by atoms with Crippen molar-refractivity contribution in [2.24, 2.45) is 5.41 Å². The van der Waals surface area contributed by atoms with Crippen molar-refractivity contribution in [2.75, 3.05) is 18.4 Å². The molecule has 28 heavy (non-hydrogen) atoms. The molecule has 0 unspecified atom stereocenters. The van der Waals surface area contributed by atoms with Crippen molar-refractivity contribution in [2.45, 2.75) is 33.2 Å². The summed E-state index contributed by atoms with van der Waals surface area (Å²) in [7, 11) is 0. The van der Waals surface area contributed by atoms with Crippen molar-refractivity contribution in [3.05, 3.63) is 64.7 Å². The van der Waals surface area contributed by atoms with Gasteiger partial charge in [-0.3, -0.25) is 4.79 Å². The molecule has 0 aromatic heterocycles. The van der Waals surface area contributed by atoms with Gasteiger partial charge in [0.15, 0.2) is 0 Å². The van der Waals surface area contributed by atoms with E-state index in [0.29, 0.717) is 43.2 Å². The Morgan fingerprint density at radius 3 is 2.25 bits per heavy atom. The Bertz CT molecular complexity index is 826. The van der Waals surface area contributed by atoms with Crippen LogP contribution in [0.3, 0.4) is 0 Å². The summed E-state index contributed by atoms with van der Waals surface area (Å²) in [5.41, 5.74) is 2.54. The minimum Gasteiger partial charge on any atom is -0.352 e. The molecular weight excluding hydrogens is 374 g/mol. The van der Waals surface area contributed by atoms with E-state index in [-0.39, 0.29) is 11.9 Å². The number of anilines is 1. The maximum Gasteiger partial charge on any atom is 0.321 e. The molecule has 0 radical (unpaired) electrons. The number of piperidine rings is 1. The number of likely N-dealkylation sites (tertiary alicyclic amines) is 1. The number of halogens is 1. The summed E-state index contributed by atoms with van der Waals surface area (Å²) in [4.78, 5) is 26.9. The summed E-state index contributed by atoms with van der Waals surface area (Å²) < 4.78 is 0. The molecule has 0 spiro atoms. The first kappa shape index (κ1) is 20.2. The fourth-order valence-corrected chi connectivity index (χ4v) is 3.39. The molecule has 3 amide bonds. The van der Waals surface area contributed by atoms with Crippen molar-refractivity contribution >= 4 is 29.2 Å². The van der Waals surface area contributed by atoms with Crippen LogP contribution in [0.15, 0.2) is 48.5 Å². The zero-order valence-electron chi connectivity index (χ0n) is 16.3. The number of nitrogens with one attached hydrogen (secondary N) is 2. The zero-order valence-corrected chi connectivity index (χ0v) is 17.1. The SMILES string of the molecule is Cc1ccc(CNC(=O)C2(C)CCN(C(=O)Nc3ccc(Cl)cc3)CC2)cc1. The number of hydrogen-bond acceptors (Lipinski definition) is 2. The molecule has 0 atom stereocenters. The average Bonchev–Trinajstić information content (AvgIpc) is 2.69. The predicted octanol–water partition coefficient (Wildman–Crippen LogP) is 4.60. The van der Waals surface area contributed by atoms with Crippen molar-refractivity contribution in [3.63, 3.8) is 0 Å². The lowest BCUT2D eigenvalue weighted by atomic mass is 9.79. The molecule has 0 bridgehead atoms. The largest absolute Gasteiger partial charge is 0.352 e. The van der Waals surface area contributed by atoms with Crippen LogP contribution in [-0.4, -0.2) is 29.9 Å². The zero-order chi connectivity index (χ0) is 20.1. The van der Waals surface area contributed by atoms with Gasteiger partial charge in [-0.15, -0.1) is 0 Å². The van der Waals surface area contributed by atoms with Crippen LogP contribution >= 0.6 is 11.6 Å². The molecule has 1 fully saturated rings. The van der Waals surface area contributed by atoms with E-state index in [0.717, 1.165) is 5.56 Å². The van der Waals surface area contributed by atoms with Gasteiger partial charge in [0.05, 0.1) is 0 Å². The summed E-state index contributed by atoms with van der Waals surface area (Å²) in [6.07, 6.45) is 1.28. The molecule has 5 nitrogen and oxygen atoms in total. The van der Waals surface area contributed by atoms with Crippen LogP contribution in [0.4, 0.5) is 10.5 Å². The van der Waals surface area contributed by atoms with E-state index in [4.69, 9.17) is 11.6 Å². The molecule has 2 aromatic rings. The van der Waals surface area contributed by atoms with Crippen LogP contribution in [0.1, 0.15) is 30.9 Å². The van der Waals surface area contributed by atoms with Gasteiger partial charge >= 0.3 is 6.03 Å². The highest BCUT2D eigenvalue weighted by Gasteiger charge is 2.37. The summed E-state index contributed by atoms with van der Waals surface area (Å²) in [6, 6.07) is 15.0. The number of amides is 3. The van der Waals surface area contributed by atoms with Gasteiger partial charge in [-0.2, -0.15) is 0 Å². The number of nitrogens with zero attached hydrogens (tertiary/aromatic N) is 1. The highest BCUT2D eigenvalue weighted by atomic mass is 35.5. The lowest BCUT2D eigenvalue weighted by molar-refractivity contribution is -0.132. The first-order chi connectivity index (χ1) is 13.4. The topological polar surface area (TPSA) is 61.4 Å². The van der Waals surface area contributed by atoms with Crippen LogP contribution in [-0.2, 0) is 11.3 Å². The number of carbonyl (C=O) groups is 2. The average molecular weight is 400 g/mol. The van der Waals surface area contributed by atoms with E-state index in [1.54, 1.807) is 29.2 Å². The van der Waals surface area contributed by atoms with Crippen molar-refractivity contribution in [1.29, 1.82) is 0 Å². The number of benzene rings is 2. The van der Waals surface area contributed by atoms with Crippen LogP contribution in [0.2, 0.25) is 5.02 Å². The van der Waals surface area contributed by atoms with Crippen LogP contribution in [0.5, 0.6) is 0 Å². The molecule has 1 aliphatic heterocycles. The van der Waals surface area contributed by atoms with Gasteiger partial charge in [-0.25, -0.2) is 4.79 Å². The fraction of sp³-hybridized carbons (Fsp3) is 0.364. The summed E-state index contributed by atoms with van der Waals surface area (Å²) in [5.74, 6) is 0.0471. The third-order valence-electron chi connectivity index (χ3n) is 5.37. The fourth-order valence-electron chi connectivity index (χ4n) is 3.27. The maximum atomic E-state index is 12.7. The van der Waals surface area contributed by atoms with E-state index in [2.05, 4.69) is 10.6 Å². The van der Waals surface area contributed by atoms with E-state index in [9.17, 15) is 9.59 Å². The van der Waals surface area contributed by atoms with E-state index >= 15 is 0 Å². The summed E-state index contributed by atoms with van der Waals surface area (Å²) in [6.45, 7) is 5.64. The molecule has 6 heteroatoms. The first-order valence-corrected chi connectivity index (χ1v) is 9.89. The Labute approximate surface area is 171 Å². The Kier molecular flexibility index (Phi) is 6.25. The third-order valence-corrected chi connectivity index (χ3v) is 5.62. The van der Waals surface area contributed by atoms with Crippen LogP contribution in [0.25, 0.3) is 0 Å². The number of rotatable bonds is 4. The lowest BCUT2D eigenvalue weighted by Gasteiger charge is -2.38. The normalized spacial score (nSPS) is 15.8. The van der Waals surface area contributed by atoms with E-state index in [1.165, 1.54) is 5.56 Å². The Balaban J connectivity index is 1.49. The molecule has 1 saturated heterocycles. The minimum absolute atomic E-state index is 0.0471. The van der Waals surface area contributed by atoms with Gasteiger partial charge < -0.3 is 15.5 Å². The Morgan fingerprint density at radius 2 is 1.64 bits per heavy atom. The number of aryl methyl sites for hydroxylation is 1. The monoisotopic (exact) mass is 399 g/mol. The van der Waals surface area contributed by atoms with Crippen molar-refractivity contribution < 1.29 is 9.59 Å². The van der Waals surface area contributed by atoms with Gasteiger partial charge in [-0.1, -0.05) is 48.4 Å². The Morgan fingerprint density at radius 1 is 1.04 bits per heavy atom. The summed E-state index contributed by atoms with van der Waals surface area (Å²) >= 11 is 5.87. The van der Waals surface area contributed by atoms with Gasteiger partial charge in [0.25, 0.3) is 0 Å². The second-order valence-electron chi connectivity index (χ2n) is 7.65. The number of urea groups is 1. The molecule has 1 heterocycles. The quantitative estimate of drug-likeness (QED) is 0.789. The second-order valence-corrected chi connectivity index (χ2v) is 8.09. The van der Waals surface area contributed by atoms with E-state index < -0.39 is 5.41 Å². The third kappa shape index (κ3) is 5.04. The highest BCUT2D eigenvalue weighted by molar-refractivity contribution is 6.30. The minimum atomic E-state index is -0.457. The van der Waals surface area contributed by atoms with Crippen molar-refractivity contribution in [3.8, 4) is 0 Å². The van der Waals surface area contributed by atoms with Gasteiger partial charge in [0.1, 0.15) is 0 Å². The second kappa shape index (κ2) is 8.65. The molecule has 148 valence electrons. The molecule has 2 aromatic carbocycles. The molecule has 0 saturated carbocycles. The van der Waals surface area contributed by atoms with Crippen LogP contribution < -0.4 is 10.6 Å². The predicted molar refractivity (Wildman–Crippen MR) is 112 cm³/mol. The molecule has 3 rings (SSSR count). The first-order valence-electron chi connectivity index (χ1n) is 9.51. The molecule has 0 aliphatic carbocycles. The highest BCUT2D eigenvalue weighted by Crippen LogP contribution is 2.31. The molecular formula is C22H26ClN3O2. The smallest absolute Gasteiger partial charge is 0.321 e. The lowest BCUT2D eigenvalue weighted by Crippen LogP contribution is -2.49. The summed E-state index contributed by atoms with van der Waals surface area (Å²) in [5, 5.41) is 6.55. The van der Waals surface area contributed by atoms with Gasteiger partial charge in [-0.05, 0) is 49.6 Å². The van der Waals surface area contributed by atoms with E-state index in [1.807, 2.05) is 38.1 Å². The molecule has 2 N–H and O–H groups in total. The maximum absolute atomic E-state index is 12.7. The molecule has 1 aliphatic rings. The van der Waals surface area contributed by atoms with Gasteiger partial charge in [0.2, 0.25) is 5.91 Å². The standard InChI is InChI=1S/C22H26ClN3O2/c1-16-3-5-17(6-4-16)15-24-20(27)22(2)11-13-26(14-12-22)21(28)25-19-9-7-18(23)8-10-19/h3-10H,11-15H2,1-2H3,(H,24,27)(H,25,28). The number of carbonyl (C=O) groups excluding carboxylic acids is 2. The van der Waals surface area contributed by atoms with Gasteiger partial charge in [0, 0.05) is 35.8 Å².